The van der Waals surface area contributed by atoms with Crippen LogP contribution in [0.15, 0.2) is 0 Å². The van der Waals surface area contributed by atoms with Crippen molar-refractivity contribution in [1.29, 1.82) is 0 Å². The van der Waals surface area contributed by atoms with Crippen molar-refractivity contribution in [2.75, 3.05) is 7.05 Å². The molecule has 96 valence electrons. The predicted molar refractivity (Wildman–Crippen MR) is 71.5 cm³/mol. The smallest absolute Gasteiger partial charge is 0.00987 e. The number of rotatable bonds is 5. The molecule has 1 aliphatic carbocycles. The van der Waals surface area contributed by atoms with Gasteiger partial charge in [0.1, 0.15) is 0 Å². The Morgan fingerprint density at radius 1 is 1.31 bits per heavy atom. The van der Waals surface area contributed by atoms with Gasteiger partial charge in [-0.15, -0.1) is 0 Å². The molecule has 0 bridgehead atoms. The number of hydrogen-bond acceptors (Lipinski definition) is 2. The summed E-state index contributed by atoms with van der Waals surface area (Å²) in [6.45, 7) is 6.84. The molecule has 1 rings (SSSR count). The highest BCUT2D eigenvalue weighted by Crippen LogP contribution is 2.30. The van der Waals surface area contributed by atoms with Crippen LogP contribution in [0.3, 0.4) is 0 Å². The molecule has 0 aromatic rings. The maximum Gasteiger partial charge on any atom is 0.00987 e. The van der Waals surface area contributed by atoms with Crippen LogP contribution in [0.5, 0.6) is 0 Å². The zero-order valence-electron chi connectivity index (χ0n) is 11.6. The first-order valence-corrected chi connectivity index (χ1v) is 7.03. The van der Waals surface area contributed by atoms with Crippen molar-refractivity contribution in [3.05, 3.63) is 0 Å². The van der Waals surface area contributed by atoms with Crippen LogP contribution in [0.1, 0.15) is 59.3 Å². The maximum atomic E-state index is 6.24. The molecule has 2 nitrogen and oxygen atoms in total. The third kappa shape index (κ3) is 3.74. The quantitative estimate of drug-likeness (QED) is 0.781. The lowest BCUT2D eigenvalue weighted by atomic mass is 9.78. The van der Waals surface area contributed by atoms with E-state index in [0.29, 0.717) is 12.1 Å². The molecule has 0 unspecified atom stereocenters. The molecule has 0 aromatic heterocycles. The predicted octanol–water partition coefficient (Wildman–Crippen LogP) is 3.01. The highest BCUT2D eigenvalue weighted by Gasteiger charge is 2.30. The Hall–Kier alpha value is -0.0800. The van der Waals surface area contributed by atoms with Gasteiger partial charge < -0.3 is 10.6 Å². The average Bonchev–Trinajstić information content (AvgIpc) is 2.27. The normalized spacial score (nSPS) is 31.3. The van der Waals surface area contributed by atoms with E-state index in [-0.39, 0.29) is 0 Å². The molecule has 1 fully saturated rings. The topological polar surface area (TPSA) is 29.3 Å². The van der Waals surface area contributed by atoms with E-state index < -0.39 is 0 Å². The third-order valence-electron chi connectivity index (χ3n) is 4.33. The Bertz CT molecular complexity index is 191. The Morgan fingerprint density at radius 2 is 2.00 bits per heavy atom. The van der Waals surface area contributed by atoms with Gasteiger partial charge in [-0.2, -0.15) is 0 Å². The monoisotopic (exact) mass is 226 g/mol. The molecule has 0 radical (unpaired) electrons. The summed E-state index contributed by atoms with van der Waals surface area (Å²) in [5.74, 6) is 0.764. The zero-order chi connectivity index (χ0) is 12.1. The Labute approximate surface area is 102 Å². The summed E-state index contributed by atoms with van der Waals surface area (Å²) in [5, 5.41) is 0. The van der Waals surface area contributed by atoms with E-state index in [1.165, 1.54) is 38.5 Å². The van der Waals surface area contributed by atoms with Gasteiger partial charge in [-0.05, 0) is 52.5 Å². The van der Waals surface area contributed by atoms with Crippen LogP contribution in [0, 0.1) is 5.92 Å². The lowest BCUT2D eigenvalue weighted by Crippen LogP contribution is -2.46. The SMILES string of the molecule is CCCC[C@@H]1C[C@H](N(C)C(C)C)CC[C@@H]1N. The molecule has 3 atom stereocenters. The van der Waals surface area contributed by atoms with Crippen molar-refractivity contribution in [2.45, 2.75) is 77.4 Å². The average molecular weight is 226 g/mol. The third-order valence-corrected chi connectivity index (χ3v) is 4.33. The number of unbranched alkanes of at least 4 members (excludes halogenated alkanes) is 1. The second-order valence-corrected chi connectivity index (χ2v) is 5.79. The summed E-state index contributed by atoms with van der Waals surface area (Å²) in [6.07, 6.45) is 7.80. The first-order valence-electron chi connectivity index (χ1n) is 7.03. The molecule has 0 aliphatic heterocycles. The van der Waals surface area contributed by atoms with Crippen LogP contribution in [-0.2, 0) is 0 Å². The fourth-order valence-electron chi connectivity index (χ4n) is 2.85. The van der Waals surface area contributed by atoms with Crippen LogP contribution in [-0.4, -0.2) is 30.1 Å². The maximum absolute atomic E-state index is 6.24. The van der Waals surface area contributed by atoms with Crippen LogP contribution in [0.2, 0.25) is 0 Å². The van der Waals surface area contributed by atoms with E-state index in [1.54, 1.807) is 0 Å². The molecule has 0 aromatic carbocycles. The van der Waals surface area contributed by atoms with Crippen LogP contribution >= 0.6 is 0 Å². The molecular weight excluding hydrogens is 196 g/mol. The number of nitrogens with zero attached hydrogens (tertiary/aromatic N) is 1. The van der Waals surface area contributed by atoms with Gasteiger partial charge in [-0.1, -0.05) is 19.8 Å². The van der Waals surface area contributed by atoms with E-state index in [9.17, 15) is 0 Å². The van der Waals surface area contributed by atoms with Crippen LogP contribution < -0.4 is 5.73 Å². The van der Waals surface area contributed by atoms with Crippen molar-refractivity contribution in [3.63, 3.8) is 0 Å². The minimum atomic E-state index is 0.461. The molecule has 0 spiro atoms. The molecule has 0 amide bonds. The fourth-order valence-corrected chi connectivity index (χ4v) is 2.85. The van der Waals surface area contributed by atoms with Gasteiger partial charge in [0.15, 0.2) is 0 Å². The van der Waals surface area contributed by atoms with E-state index in [0.717, 1.165) is 12.0 Å². The molecule has 1 aliphatic rings. The second-order valence-electron chi connectivity index (χ2n) is 5.79. The van der Waals surface area contributed by atoms with Crippen molar-refractivity contribution in [1.82, 2.24) is 4.90 Å². The zero-order valence-corrected chi connectivity index (χ0v) is 11.6. The largest absolute Gasteiger partial charge is 0.327 e. The fraction of sp³-hybridized carbons (Fsp3) is 1.00. The molecule has 0 heterocycles. The Kier molecular flexibility index (Phi) is 5.77. The second kappa shape index (κ2) is 6.61. The van der Waals surface area contributed by atoms with Gasteiger partial charge in [0.05, 0.1) is 0 Å². The van der Waals surface area contributed by atoms with Gasteiger partial charge >= 0.3 is 0 Å². The van der Waals surface area contributed by atoms with Crippen LogP contribution in [0.4, 0.5) is 0 Å². The van der Waals surface area contributed by atoms with E-state index in [4.69, 9.17) is 5.73 Å². The lowest BCUT2D eigenvalue weighted by molar-refractivity contribution is 0.114. The van der Waals surface area contributed by atoms with Crippen LogP contribution in [0.25, 0.3) is 0 Å². The Balaban J connectivity index is 2.46. The van der Waals surface area contributed by atoms with E-state index in [2.05, 4.69) is 32.7 Å². The Morgan fingerprint density at radius 3 is 2.56 bits per heavy atom. The summed E-state index contributed by atoms with van der Waals surface area (Å²) < 4.78 is 0. The first-order chi connectivity index (χ1) is 7.56. The van der Waals surface area contributed by atoms with E-state index in [1.807, 2.05) is 0 Å². The van der Waals surface area contributed by atoms with Gasteiger partial charge in [-0.3, -0.25) is 0 Å². The molecule has 1 saturated carbocycles. The molecule has 16 heavy (non-hydrogen) atoms. The summed E-state index contributed by atoms with van der Waals surface area (Å²) >= 11 is 0. The highest BCUT2D eigenvalue weighted by molar-refractivity contribution is 4.87. The minimum absolute atomic E-state index is 0.461. The standard InChI is InChI=1S/C14H30N2/c1-5-6-7-12-10-13(8-9-14(12)15)16(4)11(2)3/h11-14H,5-10,15H2,1-4H3/t12-,13-,14+/m1/s1. The molecule has 2 heteroatoms. The molecule has 2 N–H and O–H groups in total. The van der Waals surface area contributed by atoms with Gasteiger partial charge in [0, 0.05) is 18.1 Å². The minimum Gasteiger partial charge on any atom is -0.327 e. The van der Waals surface area contributed by atoms with E-state index >= 15 is 0 Å². The van der Waals surface area contributed by atoms with Crippen molar-refractivity contribution < 1.29 is 0 Å². The molecule has 0 saturated heterocycles. The molecular formula is C14H30N2. The summed E-state index contributed by atoms with van der Waals surface area (Å²) in [7, 11) is 2.27. The van der Waals surface area contributed by atoms with Gasteiger partial charge in [-0.25, -0.2) is 0 Å². The van der Waals surface area contributed by atoms with Gasteiger partial charge in [0.25, 0.3) is 0 Å². The summed E-state index contributed by atoms with van der Waals surface area (Å²) in [6, 6.07) is 1.89. The lowest BCUT2D eigenvalue weighted by Gasteiger charge is -2.40. The highest BCUT2D eigenvalue weighted by atomic mass is 15.1. The number of hydrogen-bond donors (Lipinski definition) is 1. The van der Waals surface area contributed by atoms with Crippen molar-refractivity contribution in [2.24, 2.45) is 11.7 Å². The first kappa shape index (κ1) is 14.0. The number of nitrogens with two attached hydrogens (primary N) is 1. The van der Waals surface area contributed by atoms with Crippen molar-refractivity contribution in [3.8, 4) is 0 Å². The van der Waals surface area contributed by atoms with Gasteiger partial charge in [0.2, 0.25) is 0 Å². The summed E-state index contributed by atoms with van der Waals surface area (Å²) in [4.78, 5) is 2.53. The summed E-state index contributed by atoms with van der Waals surface area (Å²) in [5.41, 5.74) is 6.24. The van der Waals surface area contributed by atoms with Crippen molar-refractivity contribution >= 4 is 0 Å².